The number of nitrogens with zero attached hydrogens (tertiary/aromatic N) is 1. The Bertz CT molecular complexity index is 454. The molecule has 2 rings (SSSR count). The predicted octanol–water partition coefficient (Wildman–Crippen LogP) is 2.45. The van der Waals surface area contributed by atoms with Crippen molar-refractivity contribution in [2.24, 2.45) is 11.1 Å². The summed E-state index contributed by atoms with van der Waals surface area (Å²) < 4.78 is 0. The lowest BCUT2D eigenvalue weighted by molar-refractivity contribution is 0.0583. The van der Waals surface area contributed by atoms with E-state index >= 15 is 0 Å². The minimum atomic E-state index is 0.159. The van der Waals surface area contributed by atoms with Crippen molar-refractivity contribution >= 4 is 5.91 Å². The number of benzene rings is 1. The van der Waals surface area contributed by atoms with Crippen molar-refractivity contribution in [3.05, 3.63) is 35.4 Å². The molecule has 104 valence electrons. The second kappa shape index (κ2) is 5.74. The van der Waals surface area contributed by atoms with Crippen LogP contribution in [0.4, 0.5) is 0 Å². The number of carbonyl (C=O) groups excluding carboxylic acids is 1. The van der Waals surface area contributed by atoms with Gasteiger partial charge in [0.15, 0.2) is 0 Å². The lowest BCUT2D eigenvalue weighted by atomic mass is 9.84. The number of hydrogen-bond acceptors (Lipinski definition) is 2. The first-order valence-electron chi connectivity index (χ1n) is 7.10. The molecule has 1 fully saturated rings. The van der Waals surface area contributed by atoms with Crippen molar-refractivity contribution in [3.63, 3.8) is 0 Å². The van der Waals surface area contributed by atoms with E-state index in [0.29, 0.717) is 6.54 Å². The highest BCUT2D eigenvalue weighted by atomic mass is 16.2. The number of piperidine rings is 1. The lowest BCUT2D eigenvalue weighted by Gasteiger charge is -2.38. The molecule has 0 aromatic heterocycles. The van der Waals surface area contributed by atoms with Crippen molar-refractivity contribution in [1.29, 1.82) is 0 Å². The molecule has 3 nitrogen and oxygen atoms in total. The smallest absolute Gasteiger partial charge is 0.253 e. The van der Waals surface area contributed by atoms with Gasteiger partial charge in [-0.25, -0.2) is 0 Å². The van der Waals surface area contributed by atoms with E-state index in [1.807, 2.05) is 29.2 Å². The number of rotatable bonds is 3. The lowest BCUT2D eigenvalue weighted by Crippen LogP contribution is -2.43. The molecule has 19 heavy (non-hydrogen) atoms. The Balaban J connectivity index is 2.12. The highest BCUT2D eigenvalue weighted by molar-refractivity contribution is 5.94. The maximum Gasteiger partial charge on any atom is 0.253 e. The molecule has 1 aliphatic rings. The molecule has 2 N–H and O–H groups in total. The third-order valence-corrected chi connectivity index (χ3v) is 3.79. The highest BCUT2D eigenvalue weighted by Gasteiger charge is 2.29. The van der Waals surface area contributed by atoms with Crippen LogP contribution in [-0.4, -0.2) is 30.4 Å². The standard InChI is InChI=1S/C16H24N2O/c1-16(2)8-4-10-18(12-16)15(19)14-6-3-5-13(11-14)7-9-17/h3,5-6,11H,4,7-10,12,17H2,1-2H3. The van der Waals surface area contributed by atoms with Crippen molar-refractivity contribution in [2.75, 3.05) is 19.6 Å². The Labute approximate surface area is 115 Å². The van der Waals surface area contributed by atoms with Gasteiger partial charge in [0, 0.05) is 18.7 Å². The SMILES string of the molecule is CC1(C)CCCN(C(=O)c2cccc(CCN)c2)C1. The average Bonchev–Trinajstić information content (AvgIpc) is 2.37. The largest absolute Gasteiger partial charge is 0.338 e. The topological polar surface area (TPSA) is 46.3 Å². The molecule has 1 heterocycles. The molecular weight excluding hydrogens is 236 g/mol. The second-order valence-corrected chi connectivity index (χ2v) is 6.23. The van der Waals surface area contributed by atoms with Gasteiger partial charge in [-0.15, -0.1) is 0 Å². The van der Waals surface area contributed by atoms with Gasteiger partial charge in [-0.3, -0.25) is 4.79 Å². The summed E-state index contributed by atoms with van der Waals surface area (Å²) in [6.45, 7) is 6.82. The summed E-state index contributed by atoms with van der Waals surface area (Å²) in [6, 6.07) is 7.87. The molecule has 1 aromatic rings. The predicted molar refractivity (Wildman–Crippen MR) is 78.1 cm³/mol. The van der Waals surface area contributed by atoms with E-state index in [2.05, 4.69) is 13.8 Å². The number of hydrogen-bond donors (Lipinski definition) is 1. The van der Waals surface area contributed by atoms with Gasteiger partial charge in [0.25, 0.3) is 5.91 Å². The monoisotopic (exact) mass is 260 g/mol. The molecule has 0 atom stereocenters. The first-order chi connectivity index (χ1) is 9.02. The van der Waals surface area contributed by atoms with E-state index in [4.69, 9.17) is 5.73 Å². The summed E-state index contributed by atoms with van der Waals surface area (Å²) in [5, 5.41) is 0. The highest BCUT2D eigenvalue weighted by Crippen LogP contribution is 2.29. The van der Waals surface area contributed by atoms with Gasteiger partial charge in [0.2, 0.25) is 0 Å². The number of amides is 1. The fraction of sp³-hybridized carbons (Fsp3) is 0.562. The van der Waals surface area contributed by atoms with Gasteiger partial charge in [-0.05, 0) is 48.9 Å². The molecular formula is C16H24N2O. The molecule has 3 heteroatoms. The van der Waals surface area contributed by atoms with Crippen molar-refractivity contribution < 1.29 is 4.79 Å². The van der Waals surface area contributed by atoms with Crippen molar-refractivity contribution in [1.82, 2.24) is 4.90 Å². The molecule has 1 aliphatic heterocycles. The maximum atomic E-state index is 12.5. The molecule has 1 saturated heterocycles. The van der Waals surface area contributed by atoms with E-state index < -0.39 is 0 Å². The van der Waals surface area contributed by atoms with Gasteiger partial charge in [0.05, 0.1) is 0 Å². The quantitative estimate of drug-likeness (QED) is 0.907. The van der Waals surface area contributed by atoms with Gasteiger partial charge >= 0.3 is 0 Å². The van der Waals surface area contributed by atoms with Crippen LogP contribution < -0.4 is 5.73 Å². The van der Waals surface area contributed by atoms with Crippen LogP contribution in [0.2, 0.25) is 0 Å². The normalized spacial score (nSPS) is 18.4. The van der Waals surface area contributed by atoms with Gasteiger partial charge in [-0.2, -0.15) is 0 Å². The fourth-order valence-corrected chi connectivity index (χ4v) is 2.81. The average molecular weight is 260 g/mol. The Morgan fingerprint density at radius 3 is 2.89 bits per heavy atom. The van der Waals surface area contributed by atoms with Crippen LogP contribution in [0.25, 0.3) is 0 Å². The Morgan fingerprint density at radius 2 is 2.21 bits per heavy atom. The Hall–Kier alpha value is -1.35. The van der Waals surface area contributed by atoms with Crippen LogP contribution >= 0.6 is 0 Å². The Morgan fingerprint density at radius 1 is 1.42 bits per heavy atom. The summed E-state index contributed by atoms with van der Waals surface area (Å²) in [7, 11) is 0. The van der Waals surface area contributed by atoms with Gasteiger partial charge < -0.3 is 10.6 Å². The van der Waals surface area contributed by atoms with E-state index in [9.17, 15) is 4.79 Å². The molecule has 1 amide bonds. The van der Waals surface area contributed by atoms with Crippen LogP contribution in [0.5, 0.6) is 0 Å². The van der Waals surface area contributed by atoms with E-state index in [1.54, 1.807) is 0 Å². The van der Waals surface area contributed by atoms with Crippen LogP contribution in [0, 0.1) is 5.41 Å². The summed E-state index contributed by atoms with van der Waals surface area (Å²) in [4.78, 5) is 14.5. The summed E-state index contributed by atoms with van der Waals surface area (Å²) in [5.41, 5.74) is 7.75. The first-order valence-corrected chi connectivity index (χ1v) is 7.10. The molecule has 0 unspecified atom stereocenters. The zero-order valence-electron chi connectivity index (χ0n) is 12.0. The zero-order chi connectivity index (χ0) is 13.9. The van der Waals surface area contributed by atoms with E-state index in [1.165, 1.54) is 6.42 Å². The zero-order valence-corrected chi connectivity index (χ0v) is 12.0. The van der Waals surface area contributed by atoms with Crippen LogP contribution in [0.3, 0.4) is 0 Å². The van der Waals surface area contributed by atoms with Crippen molar-refractivity contribution in [2.45, 2.75) is 33.1 Å². The fourth-order valence-electron chi connectivity index (χ4n) is 2.81. The van der Waals surface area contributed by atoms with Crippen LogP contribution in [0.15, 0.2) is 24.3 Å². The van der Waals surface area contributed by atoms with Crippen LogP contribution in [0.1, 0.15) is 42.6 Å². The third-order valence-electron chi connectivity index (χ3n) is 3.79. The molecule has 0 aliphatic carbocycles. The second-order valence-electron chi connectivity index (χ2n) is 6.23. The Kier molecular flexibility index (Phi) is 4.25. The van der Waals surface area contributed by atoms with E-state index in [-0.39, 0.29) is 11.3 Å². The third kappa shape index (κ3) is 3.57. The summed E-state index contributed by atoms with van der Waals surface area (Å²) in [6.07, 6.45) is 3.12. The molecule has 1 aromatic carbocycles. The van der Waals surface area contributed by atoms with E-state index in [0.717, 1.165) is 37.1 Å². The molecule has 0 bridgehead atoms. The summed E-state index contributed by atoms with van der Waals surface area (Å²) in [5.74, 6) is 0.159. The number of carbonyl (C=O) groups is 1. The number of nitrogens with two attached hydrogens (primary N) is 1. The van der Waals surface area contributed by atoms with Gasteiger partial charge in [-0.1, -0.05) is 26.0 Å². The maximum absolute atomic E-state index is 12.5. The van der Waals surface area contributed by atoms with Crippen LogP contribution in [-0.2, 0) is 6.42 Å². The first kappa shape index (κ1) is 14.1. The van der Waals surface area contributed by atoms with Gasteiger partial charge in [0.1, 0.15) is 0 Å². The van der Waals surface area contributed by atoms with Crippen molar-refractivity contribution in [3.8, 4) is 0 Å². The number of likely N-dealkylation sites (tertiary alicyclic amines) is 1. The molecule has 0 radical (unpaired) electrons. The molecule has 0 spiro atoms. The summed E-state index contributed by atoms with van der Waals surface area (Å²) >= 11 is 0. The minimum absolute atomic E-state index is 0.159. The molecule has 0 saturated carbocycles. The minimum Gasteiger partial charge on any atom is -0.338 e.